The summed E-state index contributed by atoms with van der Waals surface area (Å²) in [5.74, 6) is 0.0931. The van der Waals surface area contributed by atoms with Gasteiger partial charge in [0.15, 0.2) is 11.6 Å². The van der Waals surface area contributed by atoms with Gasteiger partial charge in [0.1, 0.15) is 11.5 Å². The van der Waals surface area contributed by atoms with Crippen molar-refractivity contribution in [1.29, 1.82) is 0 Å². The monoisotopic (exact) mass is 286 g/mol. The van der Waals surface area contributed by atoms with E-state index < -0.39 is 0 Å². The molecule has 2 aliphatic carbocycles. The molecule has 0 aromatic heterocycles. The summed E-state index contributed by atoms with van der Waals surface area (Å²) in [5.41, 5.74) is 1.33. The molecule has 0 saturated carbocycles. The Labute approximate surface area is 123 Å². The summed E-state index contributed by atoms with van der Waals surface area (Å²) in [7, 11) is 1.78. The highest BCUT2D eigenvalue weighted by Crippen LogP contribution is 2.45. The Kier molecular flexibility index (Phi) is 2.92. The molecule has 5 nitrogen and oxygen atoms in total. The van der Waals surface area contributed by atoms with E-state index in [9.17, 15) is 14.8 Å². The summed E-state index contributed by atoms with van der Waals surface area (Å²) in [4.78, 5) is 26.1. The summed E-state index contributed by atoms with van der Waals surface area (Å²) in [6.45, 7) is 4.06. The zero-order chi connectivity index (χ0) is 15.4. The number of carbonyl (C=O) groups is 2. The minimum absolute atomic E-state index is 0.0889. The van der Waals surface area contributed by atoms with Crippen LogP contribution in [-0.2, 0) is 9.59 Å². The fourth-order valence-corrected chi connectivity index (χ4v) is 3.12. The van der Waals surface area contributed by atoms with Crippen molar-refractivity contribution >= 4 is 11.6 Å². The summed E-state index contributed by atoms with van der Waals surface area (Å²) >= 11 is 0. The van der Waals surface area contributed by atoms with Crippen LogP contribution in [0.4, 0.5) is 0 Å². The molecule has 0 unspecified atom stereocenters. The van der Waals surface area contributed by atoms with Crippen molar-refractivity contribution in [2.75, 3.05) is 7.05 Å². The maximum atomic E-state index is 12.3. The van der Waals surface area contributed by atoms with Gasteiger partial charge in [-0.1, -0.05) is 26.0 Å². The molecule has 0 bridgehead atoms. The summed E-state index contributed by atoms with van der Waals surface area (Å²) < 4.78 is 0. The highest BCUT2D eigenvalue weighted by Gasteiger charge is 2.44. The van der Waals surface area contributed by atoms with E-state index in [0.29, 0.717) is 29.9 Å². The minimum Gasteiger partial charge on any atom is -0.330 e. The second-order valence-corrected chi connectivity index (χ2v) is 6.43. The van der Waals surface area contributed by atoms with Gasteiger partial charge >= 0.3 is 0 Å². The lowest BCUT2D eigenvalue weighted by Crippen LogP contribution is -2.29. The largest absolute Gasteiger partial charge is 0.330 e. The van der Waals surface area contributed by atoms with Gasteiger partial charge in [-0.2, -0.15) is 0 Å². The van der Waals surface area contributed by atoms with Crippen LogP contribution in [0.5, 0.6) is 0 Å². The van der Waals surface area contributed by atoms with Crippen LogP contribution in [-0.4, -0.2) is 33.8 Å². The molecule has 0 amide bonds. The molecule has 21 heavy (non-hydrogen) atoms. The fourth-order valence-electron chi connectivity index (χ4n) is 3.12. The Morgan fingerprint density at radius 1 is 1.14 bits per heavy atom. The van der Waals surface area contributed by atoms with Gasteiger partial charge in [-0.3, -0.25) is 14.8 Å². The number of Topliss-reactive ketones (excluding diaryl/α,β-unsaturated/α-hetero) is 1. The first-order chi connectivity index (χ1) is 9.82. The van der Waals surface area contributed by atoms with Gasteiger partial charge in [0.2, 0.25) is 0 Å². The second-order valence-electron chi connectivity index (χ2n) is 6.43. The van der Waals surface area contributed by atoms with E-state index in [1.165, 1.54) is 6.08 Å². The lowest BCUT2D eigenvalue weighted by Gasteiger charge is -2.30. The Balaban J connectivity index is 2.10. The molecule has 3 rings (SSSR count). The topological polar surface area (TPSA) is 60.9 Å². The zero-order valence-corrected chi connectivity index (χ0v) is 12.4. The van der Waals surface area contributed by atoms with Gasteiger partial charge in [-0.05, 0) is 24.0 Å². The molecule has 1 aliphatic heterocycles. The molecule has 0 atom stereocenters. The maximum Gasteiger partial charge on any atom is 0.189 e. The molecule has 0 radical (unpaired) electrons. The molecule has 1 N–H and O–H groups in total. The lowest BCUT2D eigenvalue weighted by atomic mass is 9.77. The molecule has 110 valence electrons. The third-order valence-corrected chi connectivity index (χ3v) is 4.09. The van der Waals surface area contributed by atoms with Gasteiger partial charge in [0, 0.05) is 19.2 Å². The van der Waals surface area contributed by atoms with Crippen molar-refractivity contribution in [1.82, 2.24) is 9.96 Å². The van der Waals surface area contributed by atoms with Crippen molar-refractivity contribution in [2.45, 2.75) is 26.7 Å². The first kappa shape index (κ1) is 13.8. The Morgan fingerprint density at radius 2 is 1.81 bits per heavy atom. The normalized spacial score (nSPS) is 27.8. The molecule has 0 spiro atoms. The number of hydrogen-bond acceptors (Lipinski definition) is 5. The van der Waals surface area contributed by atoms with E-state index in [1.54, 1.807) is 30.2 Å². The molecule has 0 aromatic rings. The standard InChI is InChI=1S/C16H18N2O3/c1-16(2)8-11-14(13(20)9-16)18(21)15(17(11)3)10-6-4-5-7-12(10)19/h4-7,21H,8-9H2,1-3H3/b15-10+. The van der Waals surface area contributed by atoms with Crippen LogP contribution < -0.4 is 0 Å². The molecule has 5 heteroatoms. The number of rotatable bonds is 0. The molecular formula is C16H18N2O3. The lowest BCUT2D eigenvalue weighted by molar-refractivity contribution is -0.124. The van der Waals surface area contributed by atoms with Crippen LogP contribution in [0.15, 0.2) is 47.1 Å². The van der Waals surface area contributed by atoms with Crippen LogP contribution in [0.25, 0.3) is 0 Å². The summed E-state index contributed by atoms with van der Waals surface area (Å²) in [6, 6.07) is 0. The van der Waals surface area contributed by atoms with Crippen molar-refractivity contribution in [3.63, 3.8) is 0 Å². The average Bonchev–Trinajstić information content (AvgIpc) is 2.61. The van der Waals surface area contributed by atoms with Crippen LogP contribution in [0.2, 0.25) is 0 Å². The quantitative estimate of drug-likeness (QED) is 0.691. The van der Waals surface area contributed by atoms with Gasteiger partial charge in [0.25, 0.3) is 0 Å². The molecule has 0 fully saturated rings. The van der Waals surface area contributed by atoms with Crippen LogP contribution in [0, 0.1) is 5.41 Å². The third kappa shape index (κ3) is 2.05. The van der Waals surface area contributed by atoms with Gasteiger partial charge < -0.3 is 4.90 Å². The van der Waals surface area contributed by atoms with Crippen molar-refractivity contribution in [3.8, 4) is 0 Å². The average molecular weight is 286 g/mol. The predicted molar refractivity (Wildman–Crippen MR) is 76.7 cm³/mol. The van der Waals surface area contributed by atoms with Crippen molar-refractivity contribution < 1.29 is 14.8 Å². The van der Waals surface area contributed by atoms with E-state index in [1.807, 2.05) is 13.8 Å². The van der Waals surface area contributed by atoms with Crippen LogP contribution in [0.3, 0.4) is 0 Å². The molecule has 1 heterocycles. The number of carbonyl (C=O) groups excluding carboxylic acids is 2. The van der Waals surface area contributed by atoms with E-state index in [2.05, 4.69) is 0 Å². The second kappa shape index (κ2) is 4.43. The molecule has 0 saturated heterocycles. The SMILES string of the molecule is CN1C2=C(C(=O)CC(C)(C)C2)N(O)/C1=C1\C=CC=CC1=O. The third-order valence-electron chi connectivity index (χ3n) is 4.09. The van der Waals surface area contributed by atoms with Crippen LogP contribution >= 0.6 is 0 Å². The fraction of sp³-hybridized carbons (Fsp3) is 0.375. The van der Waals surface area contributed by atoms with Crippen molar-refractivity contribution in [2.24, 2.45) is 5.41 Å². The summed E-state index contributed by atoms with van der Waals surface area (Å²) in [5, 5.41) is 11.3. The van der Waals surface area contributed by atoms with Gasteiger partial charge in [0.05, 0.1) is 5.57 Å². The molecular weight excluding hydrogens is 268 g/mol. The zero-order valence-electron chi connectivity index (χ0n) is 12.4. The van der Waals surface area contributed by atoms with E-state index in [0.717, 1.165) is 10.8 Å². The minimum atomic E-state index is -0.176. The van der Waals surface area contributed by atoms with Crippen LogP contribution in [0.1, 0.15) is 26.7 Å². The first-order valence-corrected chi connectivity index (χ1v) is 6.94. The van der Waals surface area contributed by atoms with E-state index >= 15 is 0 Å². The highest BCUT2D eigenvalue weighted by atomic mass is 16.5. The number of allylic oxidation sites excluding steroid dienone is 7. The first-order valence-electron chi connectivity index (χ1n) is 6.94. The molecule has 3 aliphatic rings. The Hall–Kier alpha value is -2.14. The Bertz CT molecular complexity index is 665. The van der Waals surface area contributed by atoms with E-state index in [4.69, 9.17) is 0 Å². The van der Waals surface area contributed by atoms with E-state index in [-0.39, 0.29) is 17.0 Å². The number of hydroxylamine groups is 2. The van der Waals surface area contributed by atoms with Crippen molar-refractivity contribution in [3.05, 3.63) is 47.1 Å². The van der Waals surface area contributed by atoms with Gasteiger partial charge in [-0.25, -0.2) is 5.06 Å². The predicted octanol–water partition coefficient (Wildman–Crippen LogP) is 2.13. The number of nitrogens with zero attached hydrogens (tertiary/aromatic N) is 2. The highest BCUT2D eigenvalue weighted by molar-refractivity contribution is 6.08. The molecule has 0 aromatic carbocycles. The maximum absolute atomic E-state index is 12.3. The number of hydrogen-bond donors (Lipinski definition) is 1. The summed E-state index contributed by atoms with van der Waals surface area (Å²) in [6.07, 6.45) is 7.59. The van der Waals surface area contributed by atoms with Gasteiger partial charge in [-0.15, -0.1) is 0 Å². The number of ketones is 2. The smallest absolute Gasteiger partial charge is 0.189 e. The Morgan fingerprint density at radius 3 is 2.48 bits per heavy atom.